The van der Waals surface area contributed by atoms with Crippen LogP contribution in [0.15, 0.2) is 65.6 Å². The molecule has 0 aliphatic carbocycles. The van der Waals surface area contributed by atoms with Gasteiger partial charge in [0.25, 0.3) is 0 Å². The molecule has 0 bridgehead atoms. The monoisotopic (exact) mass is 345 g/mol. The summed E-state index contributed by atoms with van der Waals surface area (Å²) in [5.41, 5.74) is 0.189. The average molecular weight is 346 g/mol. The number of para-hydroxylation sites is 1. The Morgan fingerprint density at radius 3 is 2.57 bits per heavy atom. The third-order valence-corrected chi connectivity index (χ3v) is 4.70. The number of rotatable bonds is 4. The highest BCUT2D eigenvalue weighted by atomic mass is 35.5. The van der Waals surface area contributed by atoms with Gasteiger partial charge in [-0.05, 0) is 29.7 Å². The van der Waals surface area contributed by atoms with Gasteiger partial charge in [0.15, 0.2) is 0 Å². The van der Waals surface area contributed by atoms with E-state index in [4.69, 9.17) is 11.6 Å². The fourth-order valence-corrected chi connectivity index (χ4v) is 3.52. The van der Waals surface area contributed by atoms with E-state index in [1.165, 1.54) is 23.9 Å². The van der Waals surface area contributed by atoms with Crippen molar-refractivity contribution in [3.05, 3.63) is 71.5 Å². The summed E-state index contributed by atoms with van der Waals surface area (Å²) in [5, 5.41) is 5.18. The molecule has 3 aromatic carbocycles. The molecule has 2 nitrogen and oxygen atoms in total. The van der Waals surface area contributed by atoms with Gasteiger partial charge in [0, 0.05) is 15.3 Å². The number of hydrogen-bond donors (Lipinski definition) is 1. The Labute approximate surface area is 142 Å². The number of carbonyl (C=O) groups is 1. The predicted octanol–water partition coefficient (Wildman–Crippen LogP) is 5.36. The van der Waals surface area contributed by atoms with Crippen molar-refractivity contribution in [2.75, 3.05) is 11.1 Å². The number of thioether (sulfide) groups is 1. The molecule has 0 fully saturated rings. The molecule has 0 saturated heterocycles. The lowest BCUT2D eigenvalue weighted by Crippen LogP contribution is -2.14. The molecule has 0 unspecified atom stereocenters. The van der Waals surface area contributed by atoms with Gasteiger partial charge in [-0.15, -0.1) is 11.8 Å². The second-order valence-electron chi connectivity index (χ2n) is 4.91. The van der Waals surface area contributed by atoms with Crippen LogP contribution in [0.5, 0.6) is 0 Å². The summed E-state index contributed by atoms with van der Waals surface area (Å²) >= 11 is 7.64. The van der Waals surface area contributed by atoms with Crippen LogP contribution in [0.1, 0.15) is 0 Å². The summed E-state index contributed by atoms with van der Waals surface area (Å²) in [6.07, 6.45) is 0. The van der Waals surface area contributed by atoms with Gasteiger partial charge in [0.1, 0.15) is 5.82 Å². The third kappa shape index (κ3) is 3.66. The molecule has 0 aliphatic rings. The van der Waals surface area contributed by atoms with Crippen molar-refractivity contribution in [1.82, 2.24) is 0 Å². The largest absolute Gasteiger partial charge is 0.323 e. The summed E-state index contributed by atoms with van der Waals surface area (Å²) in [6, 6.07) is 17.6. The number of halogens is 2. The van der Waals surface area contributed by atoms with E-state index in [9.17, 15) is 9.18 Å². The maximum absolute atomic E-state index is 13.5. The van der Waals surface area contributed by atoms with Crippen molar-refractivity contribution < 1.29 is 9.18 Å². The number of benzene rings is 3. The number of nitrogens with one attached hydrogen (secondary N) is 1. The van der Waals surface area contributed by atoms with Crippen LogP contribution in [0.3, 0.4) is 0 Å². The highest BCUT2D eigenvalue weighted by Gasteiger charge is 2.10. The Hall–Kier alpha value is -2.04. The Morgan fingerprint density at radius 1 is 1.04 bits per heavy atom. The molecule has 0 aliphatic heterocycles. The zero-order chi connectivity index (χ0) is 16.2. The van der Waals surface area contributed by atoms with Crippen molar-refractivity contribution in [3.8, 4) is 0 Å². The molecule has 116 valence electrons. The second kappa shape index (κ2) is 7.02. The number of amides is 1. The summed E-state index contributed by atoms with van der Waals surface area (Å²) in [4.78, 5) is 13.0. The van der Waals surface area contributed by atoms with E-state index in [0.29, 0.717) is 5.02 Å². The Balaban J connectivity index is 1.74. The molecule has 3 aromatic rings. The zero-order valence-corrected chi connectivity index (χ0v) is 13.6. The van der Waals surface area contributed by atoms with Crippen molar-refractivity contribution in [3.63, 3.8) is 0 Å². The van der Waals surface area contributed by atoms with Gasteiger partial charge in [-0.25, -0.2) is 4.39 Å². The number of anilines is 1. The Kier molecular flexibility index (Phi) is 4.84. The summed E-state index contributed by atoms with van der Waals surface area (Å²) in [7, 11) is 0. The quantitative estimate of drug-likeness (QED) is 0.645. The van der Waals surface area contributed by atoms with Gasteiger partial charge in [-0.1, -0.05) is 48.0 Å². The molecule has 0 heterocycles. The van der Waals surface area contributed by atoms with E-state index in [-0.39, 0.29) is 17.3 Å². The zero-order valence-electron chi connectivity index (χ0n) is 12.1. The lowest BCUT2D eigenvalue weighted by molar-refractivity contribution is -0.113. The minimum atomic E-state index is -0.445. The van der Waals surface area contributed by atoms with Crippen LogP contribution < -0.4 is 5.32 Å². The van der Waals surface area contributed by atoms with Crippen molar-refractivity contribution in [1.29, 1.82) is 0 Å². The first-order valence-corrected chi connectivity index (χ1v) is 8.36. The van der Waals surface area contributed by atoms with E-state index in [2.05, 4.69) is 5.32 Å². The van der Waals surface area contributed by atoms with Crippen LogP contribution in [0.25, 0.3) is 10.8 Å². The number of hydrogen-bond acceptors (Lipinski definition) is 2. The highest BCUT2D eigenvalue weighted by Crippen LogP contribution is 2.33. The van der Waals surface area contributed by atoms with E-state index >= 15 is 0 Å². The molecule has 23 heavy (non-hydrogen) atoms. The van der Waals surface area contributed by atoms with Crippen molar-refractivity contribution >= 4 is 45.7 Å². The minimum absolute atomic E-state index is 0.179. The predicted molar refractivity (Wildman–Crippen MR) is 94.7 cm³/mol. The molecular formula is C18H13ClFNOS. The van der Waals surface area contributed by atoms with Crippen molar-refractivity contribution in [2.45, 2.75) is 4.90 Å². The smallest absolute Gasteiger partial charge is 0.234 e. The van der Waals surface area contributed by atoms with Gasteiger partial charge < -0.3 is 5.32 Å². The van der Waals surface area contributed by atoms with Crippen LogP contribution >= 0.6 is 23.4 Å². The molecule has 1 N–H and O–H groups in total. The van der Waals surface area contributed by atoms with Crippen LogP contribution in [0, 0.1) is 5.82 Å². The van der Waals surface area contributed by atoms with E-state index in [1.54, 1.807) is 12.1 Å². The molecule has 0 aromatic heterocycles. The molecule has 0 saturated carbocycles. The van der Waals surface area contributed by atoms with Gasteiger partial charge in [-0.3, -0.25) is 4.79 Å². The highest BCUT2D eigenvalue weighted by molar-refractivity contribution is 8.00. The molecule has 0 atom stereocenters. The van der Waals surface area contributed by atoms with Gasteiger partial charge in [0.05, 0.1) is 11.4 Å². The van der Waals surface area contributed by atoms with Gasteiger partial charge in [0.2, 0.25) is 5.91 Å². The topological polar surface area (TPSA) is 29.1 Å². The third-order valence-electron chi connectivity index (χ3n) is 3.32. The first kappa shape index (κ1) is 15.8. The maximum atomic E-state index is 13.5. The summed E-state index contributed by atoms with van der Waals surface area (Å²) in [6.45, 7) is 0. The first-order chi connectivity index (χ1) is 11.1. The SMILES string of the molecule is O=C(CSc1cccc2cccc(Cl)c12)Nc1ccccc1F. The van der Waals surface area contributed by atoms with Crippen LogP contribution in [-0.4, -0.2) is 11.7 Å². The number of fused-ring (bicyclic) bond motifs is 1. The van der Waals surface area contributed by atoms with Crippen LogP contribution in [-0.2, 0) is 4.79 Å². The fourth-order valence-electron chi connectivity index (χ4n) is 2.27. The van der Waals surface area contributed by atoms with Gasteiger partial charge in [-0.2, -0.15) is 0 Å². The Morgan fingerprint density at radius 2 is 1.78 bits per heavy atom. The van der Waals surface area contributed by atoms with E-state index in [0.717, 1.165) is 15.7 Å². The molecule has 3 rings (SSSR count). The summed E-state index contributed by atoms with van der Waals surface area (Å²) < 4.78 is 13.5. The first-order valence-electron chi connectivity index (χ1n) is 6.99. The lowest BCUT2D eigenvalue weighted by atomic mass is 10.1. The minimum Gasteiger partial charge on any atom is -0.323 e. The van der Waals surface area contributed by atoms with E-state index < -0.39 is 5.82 Å². The standard InChI is InChI=1S/C18H13ClFNOS/c19-13-7-3-5-12-6-4-10-16(18(12)13)23-11-17(22)21-15-9-2-1-8-14(15)20/h1-10H,11H2,(H,21,22). The molecule has 1 amide bonds. The van der Waals surface area contributed by atoms with Gasteiger partial charge >= 0.3 is 0 Å². The van der Waals surface area contributed by atoms with Crippen LogP contribution in [0.2, 0.25) is 5.02 Å². The number of carbonyl (C=O) groups excluding carboxylic acids is 1. The molecular weight excluding hydrogens is 333 g/mol. The Bertz CT molecular complexity index is 863. The lowest BCUT2D eigenvalue weighted by Gasteiger charge is -2.09. The average Bonchev–Trinajstić information content (AvgIpc) is 2.55. The molecule has 0 radical (unpaired) electrons. The van der Waals surface area contributed by atoms with Crippen molar-refractivity contribution in [2.24, 2.45) is 0 Å². The normalized spacial score (nSPS) is 10.7. The molecule has 0 spiro atoms. The molecule has 5 heteroatoms. The van der Waals surface area contributed by atoms with Crippen LogP contribution in [0.4, 0.5) is 10.1 Å². The second-order valence-corrected chi connectivity index (χ2v) is 6.34. The summed E-state index contributed by atoms with van der Waals surface area (Å²) in [5.74, 6) is -0.526. The fraction of sp³-hybridized carbons (Fsp3) is 0.0556. The van der Waals surface area contributed by atoms with E-state index in [1.807, 2.05) is 36.4 Å². The maximum Gasteiger partial charge on any atom is 0.234 e.